The number of aldehydes is 1. The van der Waals surface area contributed by atoms with Crippen molar-refractivity contribution < 1.29 is 4.79 Å². The van der Waals surface area contributed by atoms with Crippen molar-refractivity contribution in [1.82, 2.24) is 0 Å². The van der Waals surface area contributed by atoms with Gasteiger partial charge < -0.3 is 0 Å². The Bertz CT molecular complexity index is 223. The van der Waals surface area contributed by atoms with Crippen LogP contribution >= 0.6 is 0 Å². The molecule has 0 fully saturated rings. The van der Waals surface area contributed by atoms with E-state index < -0.39 is 0 Å². The van der Waals surface area contributed by atoms with E-state index in [4.69, 9.17) is 0 Å². The number of allylic oxidation sites excluding steroid dienone is 2. The first kappa shape index (κ1) is 9.50. The Labute approximate surface area is 74.9 Å². The van der Waals surface area contributed by atoms with Crippen LogP contribution in [0.1, 0.15) is 40.5 Å². The summed E-state index contributed by atoms with van der Waals surface area (Å²) in [6.07, 6.45) is 3.13. The van der Waals surface area contributed by atoms with Crippen molar-refractivity contribution in [1.29, 1.82) is 0 Å². The van der Waals surface area contributed by atoms with Crippen LogP contribution in [0, 0.1) is 11.3 Å². The molecule has 0 aromatic carbocycles. The highest BCUT2D eigenvalue weighted by Crippen LogP contribution is 2.42. The summed E-state index contributed by atoms with van der Waals surface area (Å²) in [7, 11) is 0. The molecule has 0 saturated heterocycles. The summed E-state index contributed by atoms with van der Waals surface area (Å²) in [5, 5.41) is 0. The molecule has 68 valence electrons. The maximum absolute atomic E-state index is 10.7. The summed E-state index contributed by atoms with van der Waals surface area (Å²) < 4.78 is 0. The smallest absolute Gasteiger partial charge is 0.145 e. The molecule has 1 unspecified atom stereocenters. The second-order valence-electron chi connectivity index (χ2n) is 4.54. The molecule has 0 heterocycles. The lowest BCUT2D eigenvalue weighted by Gasteiger charge is -2.37. The molecule has 0 aromatic heterocycles. The third-order valence-corrected chi connectivity index (χ3v) is 3.51. The number of hydrogen-bond donors (Lipinski definition) is 0. The van der Waals surface area contributed by atoms with Gasteiger partial charge in [-0.3, -0.25) is 4.79 Å². The van der Waals surface area contributed by atoms with Crippen LogP contribution in [0.25, 0.3) is 0 Å². The van der Waals surface area contributed by atoms with Crippen LogP contribution in [-0.4, -0.2) is 6.29 Å². The van der Waals surface area contributed by atoms with E-state index >= 15 is 0 Å². The first-order valence-electron chi connectivity index (χ1n) is 4.64. The average molecular weight is 166 g/mol. The summed E-state index contributed by atoms with van der Waals surface area (Å²) in [6, 6.07) is 0. The van der Waals surface area contributed by atoms with Crippen LogP contribution in [0.4, 0.5) is 0 Å². The molecule has 1 aliphatic rings. The van der Waals surface area contributed by atoms with E-state index in [0.29, 0.717) is 11.3 Å². The van der Waals surface area contributed by atoms with Crippen molar-refractivity contribution in [3.05, 3.63) is 11.1 Å². The van der Waals surface area contributed by atoms with Crippen LogP contribution in [0.3, 0.4) is 0 Å². The quantitative estimate of drug-likeness (QED) is 0.547. The Hall–Kier alpha value is -0.590. The van der Waals surface area contributed by atoms with Crippen LogP contribution in [-0.2, 0) is 4.79 Å². The molecule has 0 N–H and O–H groups in total. The molecule has 1 rings (SSSR count). The van der Waals surface area contributed by atoms with E-state index in [2.05, 4.69) is 27.7 Å². The second-order valence-corrected chi connectivity index (χ2v) is 4.54. The van der Waals surface area contributed by atoms with Gasteiger partial charge in [-0.15, -0.1) is 0 Å². The Balaban J connectivity index is 2.97. The minimum Gasteiger partial charge on any atom is -0.298 e. The monoisotopic (exact) mass is 166 g/mol. The standard InChI is InChI=1S/C11H18O/c1-8-9(2)11(3,4)6-5-10(8)7-12/h7,9H,5-6H2,1-4H3. The molecule has 0 amide bonds. The van der Waals surface area contributed by atoms with E-state index in [0.717, 1.165) is 24.7 Å². The number of carbonyl (C=O) groups is 1. The van der Waals surface area contributed by atoms with Gasteiger partial charge in [-0.2, -0.15) is 0 Å². The van der Waals surface area contributed by atoms with E-state index in [-0.39, 0.29) is 0 Å². The van der Waals surface area contributed by atoms with E-state index in [9.17, 15) is 4.79 Å². The van der Waals surface area contributed by atoms with E-state index in [1.165, 1.54) is 5.57 Å². The number of rotatable bonds is 1. The fourth-order valence-corrected chi connectivity index (χ4v) is 1.89. The summed E-state index contributed by atoms with van der Waals surface area (Å²) in [5.41, 5.74) is 2.69. The lowest BCUT2D eigenvalue weighted by Crippen LogP contribution is -2.27. The molecule has 1 nitrogen and oxygen atoms in total. The van der Waals surface area contributed by atoms with Crippen LogP contribution < -0.4 is 0 Å². The zero-order chi connectivity index (χ0) is 9.35. The number of hydrogen-bond acceptors (Lipinski definition) is 1. The molecular formula is C11H18O. The molecule has 0 spiro atoms. The van der Waals surface area contributed by atoms with E-state index in [1.54, 1.807) is 0 Å². The fraction of sp³-hybridized carbons (Fsp3) is 0.727. The fourth-order valence-electron chi connectivity index (χ4n) is 1.89. The molecule has 1 aliphatic carbocycles. The number of carbonyl (C=O) groups excluding carboxylic acids is 1. The predicted molar refractivity (Wildman–Crippen MR) is 50.9 cm³/mol. The highest BCUT2D eigenvalue weighted by atomic mass is 16.1. The highest BCUT2D eigenvalue weighted by molar-refractivity contribution is 5.75. The molecule has 0 bridgehead atoms. The average Bonchev–Trinajstić information content (AvgIpc) is 2.01. The molecule has 0 saturated carbocycles. The Morgan fingerprint density at radius 2 is 2.08 bits per heavy atom. The SMILES string of the molecule is CC1=C(C=O)CCC(C)(C)C1C. The molecule has 0 aromatic rings. The van der Waals surface area contributed by atoms with Crippen molar-refractivity contribution in [2.24, 2.45) is 11.3 Å². The van der Waals surface area contributed by atoms with Crippen molar-refractivity contribution in [3.63, 3.8) is 0 Å². The van der Waals surface area contributed by atoms with Crippen molar-refractivity contribution in [2.75, 3.05) is 0 Å². The third kappa shape index (κ3) is 1.45. The third-order valence-electron chi connectivity index (χ3n) is 3.51. The minimum absolute atomic E-state index is 0.372. The highest BCUT2D eigenvalue weighted by Gasteiger charge is 2.31. The van der Waals surface area contributed by atoms with Gasteiger partial charge in [0.25, 0.3) is 0 Å². The first-order valence-corrected chi connectivity index (χ1v) is 4.64. The maximum Gasteiger partial charge on any atom is 0.145 e. The van der Waals surface area contributed by atoms with Gasteiger partial charge in [-0.05, 0) is 36.7 Å². The van der Waals surface area contributed by atoms with Crippen molar-refractivity contribution >= 4 is 6.29 Å². The molecular weight excluding hydrogens is 148 g/mol. The van der Waals surface area contributed by atoms with E-state index in [1.807, 2.05) is 0 Å². The van der Waals surface area contributed by atoms with Crippen molar-refractivity contribution in [3.8, 4) is 0 Å². The summed E-state index contributed by atoms with van der Waals surface area (Å²) in [6.45, 7) is 8.87. The Kier molecular flexibility index (Phi) is 2.41. The summed E-state index contributed by atoms with van der Waals surface area (Å²) >= 11 is 0. The maximum atomic E-state index is 10.7. The molecule has 0 radical (unpaired) electrons. The van der Waals surface area contributed by atoms with Gasteiger partial charge in [0.1, 0.15) is 6.29 Å². The first-order chi connectivity index (χ1) is 5.49. The largest absolute Gasteiger partial charge is 0.298 e. The van der Waals surface area contributed by atoms with Gasteiger partial charge in [-0.1, -0.05) is 26.3 Å². The van der Waals surface area contributed by atoms with Crippen LogP contribution in [0.5, 0.6) is 0 Å². The lowest BCUT2D eigenvalue weighted by atomic mass is 9.67. The van der Waals surface area contributed by atoms with Gasteiger partial charge in [0.15, 0.2) is 0 Å². The second kappa shape index (κ2) is 3.04. The Morgan fingerprint density at radius 3 is 2.58 bits per heavy atom. The minimum atomic E-state index is 0.372. The zero-order valence-corrected chi connectivity index (χ0v) is 8.48. The van der Waals surface area contributed by atoms with Gasteiger partial charge >= 0.3 is 0 Å². The van der Waals surface area contributed by atoms with Gasteiger partial charge in [0.05, 0.1) is 0 Å². The topological polar surface area (TPSA) is 17.1 Å². The normalized spacial score (nSPS) is 28.8. The predicted octanol–water partition coefficient (Wildman–Crippen LogP) is 2.96. The van der Waals surface area contributed by atoms with Crippen LogP contribution in [0.2, 0.25) is 0 Å². The molecule has 0 aliphatic heterocycles. The summed E-state index contributed by atoms with van der Waals surface area (Å²) in [5.74, 6) is 0.548. The molecule has 1 heteroatoms. The van der Waals surface area contributed by atoms with Gasteiger partial charge in [-0.25, -0.2) is 0 Å². The van der Waals surface area contributed by atoms with Crippen LogP contribution in [0.15, 0.2) is 11.1 Å². The molecule has 1 atom stereocenters. The van der Waals surface area contributed by atoms with Gasteiger partial charge in [0.2, 0.25) is 0 Å². The van der Waals surface area contributed by atoms with Crippen molar-refractivity contribution in [2.45, 2.75) is 40.5 Å². The Morgan fingerprint density at radius 1 is 1.50 bits per heavy atom. The molecule has 12 heavy (non-hydrogen) atoms. The zero-order valence-electron chi connectivity index (χ0n) is 8.48. The summed E-state index contributed by atoms with van der Waals surface area (Å²) in [4.78, 5) is 10.7. The lowest BCUT2D eigenvalue weighted by molar-refractivity contribution is -0.105. The van der Waals surface area contributed by atoms with Gasteiger partial charge in [0, 0.05) is 0 Å².